The molecule has 4 heteroatoms. The Balaban J connectivity index is 1.55. The highest BCUT2D eigenvalue weighted by Crippen LogP contribution is 2.35. The highest BCUT2D eigenvalue weighted by Gasteiger charge is 2.30. The molecule has 4 nitrogen and oxygen atoms in total. The first-order valence-corrected chi connectivity index (χ1v) is 9.26. The van der Waals surface area contributed by atoms with Gasteiger partial charge in [0.15, 0.2) is 0 Å². The normalized spacial score (nSPS) is 20.8. The fraction of sp³-hybridized carbons (Fsp3) is 0.364. The van der Waals surface area contributed by atoms with Crippen LogP contribution in [0.25, 0.3) is 0 Å². The Labute approximate surface area is 153 Å². The van der Waals surface area contributed by atoms with Crippen molar-refractivity contribution in [1.29, 1.82) is 0 Å². The minimum atomic E-state index is -0.342. The number of methoxy groups -OCH3 is 1. The summed E-state index contributed by atoms with van der Waals surface area (Å²) in [6.07, 6.45) is 4.78. The Bertz CT molecular complexity index is 858. The molecule has 2 aliphatic carbocycles. The fourth-order valence-corrected chi connectivity index (χ4v) is 4.30. The number of amides is 1. The van der Waals surface area contributed by atoms with Crippen LogP contribution in [0.2, 0.25) is 0 Å². The van der Waals surface area contributed by atoms with Crippen LogP contribution in [0.4, 0.5) is 0 Å². The molecular formula is C22H23NO3. The van der Waals surface area contributed by atoms with E-state index >= 15 is 0 Å². The van der Waals surface area contributed by atoms with E-state index in [0.29, 0.717) is 5.56 Å². The molecule has 26 heavy (non-hydrogen) atoms. The molecule has 0 unspecified atom stereocenters. The van der Waals surface area contributed by atoms with Gasteiger partial charge in [0, 0.05) is 0 Å². The molecule has 0 aliphatic heterocycles. The Kier molecular flexibility index (Phi) is 4.49. The maximum Gasteiger partial charge on any atom is 0.337 e. The summed E-state index contributed by atoms with van der Waals surface area (Å²) in [5.41, 5.74) is 5.24. The van der Waals surface area contributed by atoms with E-state index in [2.05, 4.69) is 17.4 Å². The number of ether oxygens (including phenoxy) is 1. The number of carbonyl (C=O) groups is 2. The van der Waals surface area contributed by atoms with Crippen molar-refractivity contribution >= 4 is 11.9 Å². The number of hydrogen-bond donors (Lipinski definition) is 1. The number of rotatable bonds is 3. The van der Waals surface area contributed by atoms with Crippen molar-refractivity contribution in [3.8, 4) is 0 Å². The van der Waals surface area contributed by atoms with E-state index in [9.17, 15) is 9.59 Å². The van der Waals surface area contributed by atoms with Crippen LogP contribution in [0.15, 0.2) is 42.5 Å². The predicted molar refractivity (Wildman–Crippen MR) is 99.1 cm³/mol. The monoisotopic (exact) mass is 349 g/mol. The maximum absolute atomic E-state index is 13.0. The van der Waals surface area contributed by atoms with E-state index in [-0.39, 0.29) is 23.8 Å². The summed E-state index contributed by atoms with van der Waals surface area (Å²) in [7, 11) is 1.38. The van der Waals surface area contributed by atoms with Gasteiger partial charge in [-0.05, 0) is 66.5 Å². The highest BCUT2D eigenvalue weighted by atomic mass is 16.5. The van der Waals surface area contributed by atoms with Crippen LogP contribution in [0, 0.1) is 0 Å². The van der Waals surface area contributed by atoms with Crippen molar-refractivity contribution in [2.75, 3.05) is 7.11 Å². The third kappa shape index (κ3) is 3.00. The van der Waals surface area contributed by atoms with Crippen molar-refractivity contribution in [2.24, 2.45) is 0 Å². The molecule has 2 aromatic rings. The zero-order valence-corrected chi connectivity index (χ0v) is 15.0. The van der Waals surface area contributed by atoms with Gasteiger partial charge in [0.05, 0.1) is 24.6 Å². The standard InChI is InChI=1S/C22H23NO3/c1-26-22(25)16-10-9-15-11-12-20(19(15)13-16)23-21(24)18-8-4-6-14-5-2-3-7-17(14)18/h2-3,5,7,9-10,13,18,20H,4,6,8,11-12H2,1H3,(H,23,24)/t18-,20-/m1/s1. The molecule has 0 radical (unpaired) electrons. The molecule has 0 bridgehead atoms. The molecule has 0 saturated carbocycles. The maximum atomic E-state index is 13.0. The second kappa shape index (κ2) is 6.94. The van der Waals surface area contributed by atoms with Gasteiger partial charge in [0.2, 0.25) is 5.91 Å². The lowest BCUT2D eigenvalue weighted by molar-refractivity contribution is -0.123. The van der Waals surface area contributed by atoms with Crippen LogP contribution < -0.4 is 5.32 Å². The fourth-order valence-electron chi connectivity index (χ4n) is 4.30. The lowest BCUT2D eigenvalue weighted by atomic mass is 9.82. The molecule has 0 aromatic heterocycles. The first-order chi connectivity index (χ1) is 12.7. The van der Waals surface area contributed by atoms with Gasteiger partial charge in [0.1, 0.15) is 0 Å². The second-order valence-corrected chi connectivity index (χ2v) is 7.15. The van der Waals surface area contributed by atoms with Crippen LogP contribution >= 0.6 is 0 Å². The second-order valence-electron chi connectivity index (χ2n) is 7.15. The molecule has 2 atom stereocenters. The molecule has 0 fully saturated rings. The molecule has 0 saturated heterocycles. The molecule has 0 heterocycles. The van der Waals surface area contributed by atoms with E-state index in [1.165, 1.54) is 18.2 Å². The van der Waals surface area contributed by atoms with Crippen molar-refractivity contribution in [3.05, 3.63) is 70.3 Å². The van der Waals surface area contributed by atoms with Gasteiger partial charge in [-0.1, -0.05) is 30.3 Å². The van der Waals surface area contributed by atoms with E-state index < -0.39 is 0 Å². The Morgan fingerprint density at radius 2 is 1.81 bits per heavy atom. The third-order valence-electron chi connectivity index (χ3n) is 5.65. The van der Waals surface area contributed by atoms with Crippen LogP contribution in [0.5, 0.6) is 0 Å². The average molecular weight is 349 g/mol. The molecule has 1 N–H and O–H groups in total. The van der Waals surface area contributed by atoms with Crippen molar-refractivity contribution in [2.45, 2.75) is 44.1 Å². The van der Waals surface area contributed by atoms with Crippen molar-refractivity contribution < 1.29 is 14.3 Å². The zero-order valence-electron chi connectivity index (χ0n) is 15.0. The smallest absolute Gasteiger partial charge is 0.337 e. The van der Waals surface area contributed by atoms with Crippen LogP contribution in [-0.4, -0.2) is 19.0 Å². The molecular weight excluding hydrogens is 326 g/mol. The summed E-state index contributed by atoms with van der Waals surface area (Å²) in [6, 6.07) is 13.9. The number of benzene rings is 2. The Hall–Kier alpha value is -2.62. The topological polar surface area (TPSA) is 55.4 Å². The van der Waals surface area contributed by atoms with Gasteiger partial charge in [-0.2, -0.15) is 0 Å². The van der Waals surface area contributed by atoms with Crippen molar-refractivity contribution in [3.63, 3.8) is 0 Å². The first kappa shape index (κ1) is 16.8. The molecule has 2 aromatic carbocycles. The van der Waals surface area contributed by atoms with Gasteiger partial charge in [-0.25, -0.2) is 4.79 Å². The Morgan fingerprint density at radius 1 is 1.00 bits per heavy atom. The quantitative estimate of drug-likeness (QED) is 0.860. The highest BCUT2D eigenvalue weighted by molar-refractivity contribution is 5.90. The first-order valence-electron chi connectivity index (χ1n) is 9.26. The summed E-state index contributed by atoms with van der Waals surface area (Å²) in [5, 5.41) is 3.24. The number of aryl methyl sites for hydroxylation is 2. The van der Waals surface area contributed by atoms with E-state index in [4.69, 9.17) is 4.74 Å². The van der Waals surface area contributed by atoms with Crippen molar-refractivity contribution in [1.82, 2.24) is 5.32 Å². The molecule has 0 spiro atoms. The summed E-state index contributed by atoms with van der Waals surface area (Å²) in [5.74, 6) is -0.322. The minimum Gasteiger partial charge on any atom is -0.465 e. The molecule has 1 amide bonds. The van der Waals surface area contributed by atoms with Gasteiger partial charge < -0.3 is 10.1 Å². The van der Waals surface area contributed by atoms with E-state index in [1.807, 2.05) is 24.3 Å². The molecule has 2 aliphatic rings. The predicted octanol–water partition coefficient (Wildman–Crippen LogP) is 3.70. The number of nitrogens with one attached hydrogen (secondary N) is 1. The minimum absolute atomic E-state index is 0.0313. The van der Waals surface area contributed by atoms with E-state index in [0.717, 1.165) is 43.2 Å². The SMILES string of the molecule is COC(=O)c1ccc2c(c1)[C@H](NC(=O)[C@@H]1CCCc3ccccc31)CC2. The summed E-state index contributed by atoms with van der Waals surface area (Å²) >= 11 is 0. The molecule has 134 valence electrons. The molecule has 4 rings (SSSR count). The summed E-state index contributed by atoms with van der Waals surface area (Å²) < 4.78 is 4.82. The number of carbonyl (C=O) groups excluding carboxylic acids is 2. The van der Waals surface area contributed by atoms with Gasteiger partial charge in [-0.15, -0.1) is 0 Å². The number of hydrogen-bond acceptors (Lipinski definition) is 3. The van der Waals surface area contributed by atoms with Crippen LogP contribution in [0.3, 0.4) is 0 Å². The summed E-state index contributed by atoms with van der Waals surface area (Å²) in [6.45, 7) is 0. The number of fused-ring (bicyclic) bond motifs is 2. The zero-order chi connectivity index (χ0) is 18.1. The van der Waals surface area contributed by atoms with Crippen LogP contribution in [-0.2, 0) is 22.4 Å². The third-order valence-corrected chi connectivity index (χ3v) is 5.65. The summed E-state index contributed by atoms with van der Waals surface area (Å²) in [4.78, 5) is 24.8. The largest absolute Gasteiger partial charge is 0.465 e. The van der Waals surface area contributed by atoms with Gasteiger partial charge >= 0.3 is 5.97 Å². The lowest BCUT2D eigenvalue weighted by Crippen LogP contribution is -2.33. The Morgan fingerprint density at radius 3 is 2.65 bits per heavy atom. The number of esters is 1. The van der Waals surface area contributed by atoms with E-state index in [1.54, 1.807) is 6.07 Å². The van der Waals surface area contributed by atoms with Crippen LogP contribution in [0.1, 0.15) is 63.8 Å². The van der Waals surface area contributed by atoms with Gasteiger partial charge in [0.25, 0.3) is 0 Å². The average Bonchev–Trinajstić information content (AvgIpc) is 3.08. The van der Waals surface area contributed by atoms with Gasteiger partial charge in [-0.3, -0.25) is 4.79 Å². The lowest BCUT2D eigenvalue weighted by Gasteiger charge is -2.26.